The van der Waals surface area contributed by atoms with Crippen molar-refractivity contribution in [3.8, 4) is 5.75 Å². The highest BCUT2D eigenvalue weighted by molar-refractivity contribution is 7.13. The van der Waals surface area contributed by atoms with Gasteiger partial charge in [-0.3, -0.25) is 4.79 Å². The first kappa shape index (κ1) is 17.5. The van der Waals surface area contributed by atoms with Crippen molar-refractivity contribution in [2.75, 3.05) is 16.8 Å². The molecule has 0 aliphatic carbocycles. The predicted molar refractivity (Wildman–Crippen MR) is 108 cm³/mol. The van der Waals surface area contributed by atoms with Crippen LogP contribution in [0.15, 0.2) is 60.1 Å². The number of carbonyl (C=O) groups excluding carboxylic acids is 1. The molecule has 1 aromatic heterocycles. The topological polar surface area (TPSA) is 54.5 Å². The maximum absolute atomic E-state index is 12.5. The second-order valence-corrected chi connectivity index (χ2v) is 7.53. The van der Waals surface area contributed by atoms with Gasteiger partial charge in [-0.15, -0.1) is 11.3 Å². The number of thiazole rings is 1. The molecule has 6 heteroatoms. The Kier molecular flexibility index (Phi) is 5.07. The molecule has 0 fully saturated rings. The largest absolute Gasteiger partial charge is 0.489 e. The van der Waals surface area contributed by atoms with Gasteiger partial charge in [0.15, 0.2) is 5.13 Å². The Morgan fingerprint density at radius 3 is 2.85 bits per heavy atom. The molecular formula is C21H21N3O2S. The van der Waals surface area contributed by atoms with Crippen LogP contribution >= 0.6 is 11.3 Å². The summed E-state index contributed by atoms with van der Waals surface area (Å²) in [6.07, 6.45) is 2.03. The zero-order chi connectivity index (χ0) is 18.6. The Labute approximate surface area is 162 Å². The van der Waals surface area contributed by atoms with Crippen molar-refractivity contribution in [2.45, 2.75) is 25.9 Å². The van der Waals surface area contributed by atoms with Gasteiger partial charge in [-0.1, -0.05) is 42.0 Å². The van der Waals surface area contributed by atoms with Gasteiger partial charge in [-0.05, 0) is 24.6 Å². The van der Waals surface area contributed by atoms with Gasteiger partial charge >= 0.3 is 0 Å². The van der Waals surface area contributed by atoms with E-state index in [1.807, 2.05) is 23.6 Å². The average Bonchev–Trinajstić information content (AvgIpc) is 3.18. The van der Waals surface area contributed by atoms with Crippen LogP contribution in [0.25, 0.3) is 0 Å². The second kappa shape index (κ2) is 7.80. The Bertz CT molecular complexity index is 909. The van der Waals surface area contributed by atoms with Gasteiger partial charge in [-0.25, -0.2) is 4.98 Å². The van der Waals surface area contributed by atoms with Crippen LogP contribution in [0.1, 0.15) is 17.5 Å². The number of nitrogens with one attached hydrogen (secondary N) is 1. The molecule has 1 atom stereocenters. The quantitative estimate of drug-likeness (QED) is 0.720. The summed E-state index contributed by atoms with van der Waals surface area (Å²) in [6, 6.07) is 16.5. The van der Waals surface area contributed by atoms with Crippen LogP contribution in [0, 0.1) is 6.92 Å². The highest BCUT2D eigenvalue weighted by atomic mass is 32.1. The maximum Gasteiger partial charge on any atom is 0.228 e. The Morgan fingerprint density at radius 2 is 2.07 bits per heavy atom. The smallest absolute Gasteiger partial charge is 0.228 e. The standard InChI is InChI=1S/C21H21N3O2S/c1-15-6-8-16(9-7-15)13-24-17(12-20(25)23-21-22-10-11-27-21)14-26-19-5-3-2-4-18(19)24/h2-11,17H,12-14H2,1H3,(H,22,23,25)/t17-/m1/s1. The minimum atomic E-state index is -0.0492. The predicted octanol–water partition coefficient (Wildman–Crippen LogP) is 4.25. The molecular weight excluding hydrogens is 358 g/mol. The number of aromatic nitrogens is 1. The third kappa shape index (κ3) is 4.11. The lowest BCUT2D eigenvalue weighted by Crippen LogP contribution is -2.44. The molecule has 0 saturated heterocycles. The van der Waals surface area contributed by atoms with Crippen molar-refractivity contribution in [2.24, 2.45) is 0 Å². The van der Waals surface area contributed by atoms with E-state index in [0.717, 1.165) is 18.0 Å². The van der Waals surface area contributed by atoms with E-state index < -0.39 is 0 Å². The van der Waals surface area contributed by atoms with E-state index in [9.17, 15) is 4.79 Å². The molecule has 4 rings (SSSR count). The first-order valence-electron chi connectivity index (χ1n) is 8.92. The number of para-hydroxylation sites is 2. The van der Waals surface area contributed by atoms with Crippen molar-refractivity contribution in [1.82, 2.24) is 4.98 Å². The second-order valence-electron chi connectivity index (χ2n) is 6.64. The summed E-state index contributed by atoms with van der Waals surface area (Å²) in [5.41, 5.74) is 3.47. The summed E-state index contributed by atoms with van der Waals surface area (Å²) in [5.74, 6) is 0.813. The lowest BCUT2D eigenvalue weighted by molar-refractivity contribution is -0.116. The molecule has 0 unspecified atom stereocenters. The van der Waals surface area contributed by atoms with Gasteiger partial charge in [0, 0.05) is 18.1 Å². The van der Waals surface area contributed by atoms with E-state index in [1.165, 1.54) is 22.5 Å². The number of aryl methyl sites for hydroxylation is 1. The third-order valence-corrected chi connectivity index (χ3v) is 5.31. The zero-order valence-corrected chi connectivity index (χ0v) is 15.9. The number of carbonyl (C=O) groups is 1. The third-order valence-electron chi connectivity index (χ3n) is 4.62. The van der Waals surface area contributed by atoms with E-state index >= 15 is 0 Å². The molecule has 3 aromatic rings. The van der Waals surface area contributed by atoms with Crippen molar-refractivity contribution < 1.29 is 9.53 Å². The highest BCUT2D eigenvalue weighted by Gasteiger charge is 2.29. The van der Waals surface area contributed by atoms with Gasteiger partial charge in [-0.2, -0.15) is 0 Å². The van der Waals surface area contributed by atoms with E-state index in [4.69, 9.17) is 4.74 Å². The van der Waals surface area contributed by atoms with Crippen LogP contribution in [0.3, 0.4) is 0 Å². The van der Waals surface area contributed by atoms with Gasteiger partial charge in [0.1, 0.15) is 12.4 Å². The number of anilines is 2. The number of amides is 1. The van der Waals surface area contributed by atoms with E-state index in [1.54, 1.807) is 6.20 Å². The van der Waals surface area contributed by atoms with Gasteiger partial charge in [0.25, 0.3) is 0 Å². The van der Waals surface area contributed by atoms with Gasteiger partial charge < -0.3 is 15.0 Å². The summed E-state index contributed by atoms with van der Waals surface area (Å²) in [7, 11) is 0. The Morgan fingerprint density at radius 1 is 1.26 bits per heavy atom. The van der Waals surface area contributed by atoms with Crippen LogP contribution in [0.4, 0.5) is 10.8 Å². The summed E-state index contributed by atoms with van der Waals surface area (Å²) >= 11 is 1.42. The zero-order valence-electron chi connectivity index (χ0n) is 15.1. The van der Waals surface area contributed by atoms with Gasteiger partial charge in [0.05, 0.1) is 18.2 Å². The van der Waals surface area contributed by atoms with Crippen LogP contribution in [0.5, 0.6) is 5.75 Å². The molecule has 2 aromatic carbocycles. The number of hydrogen-bond acceptors (Lipinski definition) is 5. The number of ether oxygens (including phenoxy) is 1. The average molecular weight is 379 g/mol. The number of hydrogen-bond donors (Lipinski definition) is 1. The molecule has 1 aliphatic heterocycles. The molecule has 0 bridgehead atoms. The van der Waals surface area contributed by atoms with Crippen molar-refractivity contribution in [1.29, 1.82) is 0 Å². The normalized spacial score (nSPS) is 15.7. The first-order chi connectivity index (χ1) is 13.2. The van der Waals surface area contributed by atoms with Crippen molar-refractivity contribution in [3.63, 3.8) is 0 Å². The van der Waals surface area contributed by atoms with Crippen molar-refractivity contribution in [3.05, 3.63) is 71.2 Å². The Balaban J connectivity index is 1.55. The first-order valence-corrected chi connectivity index (χ1v) is 9.80. The molecule has 138 valence electrons. The van der Waals surface area contributed by atoms with E-state index in [-0.39, 0.29) is 11.9 Å². The SMILES string of the molecule is Cc1ccc(CN2c3ccccc3OC[C@H]2CC(=O)Nc2nccs2)cc1. The fourth-order valence-electron chi connectivity index (χ4n) is 3.23. The lowest BCUT2D eigenvalue weighted by atomic mass is 10.1. The number of rotatable bonds is 5. The molecule has 0 radical (unpaired) electrons. The summed E-state index contributed by atoms with van der Waals surface area (Å²) in [6.45, 7) is 3.30. The minimum absolute atomic E-state index is 0.0406. The van der Waals surface area contributed by atoms with E-state index in [0.29, 0.717) is 18.2 Å². The lowest BCUT2D eigenvalue weighted by Gasteiger charge is -2.38. The molecule has 27 heavy (non-hydrogen) atoms. The van der Waals surface area contributed by atoms with Crippen LogP contribution in [-0.2, 0) is 11.3 Å². The molecule has 1 amide bonds. The minimum Gasteiger partial charge on any atom is -0.489 e. The fourth-order valence-corrected chi connectivity index (χ4v) is 3.78. The molecule has 0 saturated carbocycles. The van der Waals surface area contributed by atoms with Crippen LogP contribution < -0.4 is 15.0 Å². The summed E-state index contributed by atoms with van der Waals surface area (Å²) in [4.78, 5) is 18.9. The van der Waals surface area contributed by atoms with Crippen LogP contribution in [0.2, 0.25) is 0 Å². The summed E-state index contributed by atoms with van der Waals surface area (Å²) < 4.78 is 5.92. The molecule has 2 heterocycles. The number of fused-ring (bicyclic) bond motifs is 1. The maximum atomic E-state index is 12.5. The summed E-state index contributed by atoms with van der Waals surface area (Å²) in [5, 5.41) is 5.34. The number of nitrogens with zero attached hydrogens (tertiary/aromatic N) is 2. The molecule has 1 N–H and O–H groups in total. The molecule has 0 spiro atoms. The molecule has 5 nitrogen and oxygen atoms in total. The van der Waals surface area contributed by atoms with E-state index in [2.05, 4.69) is 52.5 Å². The Hall–Kier alpha value is -2.86. The fraction of sp³-hybridized carbons (Fsp3) is 0.238. The van der Waals surface area contributed by atoms with Crippen LogP contribution in [-0.4, -0.2) is 23.5 Å². The van der Waals surface area contributed by atoms with Crippen molar-refractivity contribution >= 4 is 28.1 Å². The van der Waals surface area contributed by atoms with Gasteiger partial charge in [0.2, 0.25) is 5.91 Å². The monoisotopic (exact) mass is 379 g/mol. The highest BCUT2D eigenvalue weighted by Crippen LogP contribution is 2.35. The molecule has 1 aliphatic rings. The number of benzene rings is 2.